The molecule has 2 amide bonds. The zero-order valence-electron chi connectivity index (χ0n) is 15.9. The summed E-state index contributed by atoms with van der Waals surface area (Å²) < 4.78 is 5.25. The lowest BCUT2D eigenvalue weighted by Gasteiger charge is -2.20. The van der Waals surface area contributed by atoms with E-state index in [4.69, 9.17) is 4.42 Å². The summed E-state index contributed by atoms with van der Waals surface area (Å²) in [6.45, 7) is 4.81. The molecule has 0 saturated carbocycles. The summed E-state index contributed by atoms with van der Waals surface area (Å²) in [4.78, 5) is 30.4. The Morgan fingerprint density at radius 2 is 1.82 bits per heavy atom. The van der Waals surface area contributed by atoms with Gasteiger partial charge in [0.25, 0.3) is 11.8 Å². The molecule has 2 heterocycles. The lowest BCUT2D eigenvalue weighted by atomic mass is 10.0. The van der Waals surface area contributed by atoms with E-state index < -0.39 is 5.60 Å². The molecule has 28 heavy (non-hydrogen) atoms. The summed E-state index contributed by atoms with van der Waals surface area (Å²) in [6.07, 6.45) is 1.50. The topological polar surface area (TPSA) is 107 Å². The van der Waals surface area contributed by atoms with Crippen molar-refractivity contribution in [1.29, 1.82) is 0 Å². The fourth-order valence-electron chi connectivity index (χ4n) is 2.97. The summed E-state index contributed by atoms with van der Waals surface area (Å²) >= 11 is 0. The molecule has 0 fully saturated rings. The summed E-state index contributed by atoms with van der Waals surface area (Å²) in [6, 6.07) is 10.2. The third kappa shape index (κ3) is 4.07. The van der Waals surface area contributed by atoms with Crippen molar-refractivity contribution >= 4 is 17.8 Å². The molecule has 0 spiro atoms. The lowest BCUT2D eigenvalue weighted by Crippen LogP contribution is -2.43. The maximum absolute atomic E-state index is 12.4. The van der Waals surface area contributed by atoms with Gasteiger partial charge in [0.15, 0.2) is 5.96 Å². The van der Waals surface area contributed by atoms with Crippen molar-refractivity contribution in [3.8, 4) is 0 Å². The van der Waals surface area contributed by atoms with Gasteiger partial charge in [0.2, 0.25) is 0 Å². The van der Waals surface area contributed by atoms with Gasteiger partial charge in [0.05, 0.1) is 23.9 Å². The molecule has 8 heteroatoms. The Balaban J connectivity index is 1.59. The van der Waals surface area contributed by atoms with Gasteiger partial charge in [-0.2, -0.15) is 0 Å². The van der Waals surface area contributed by atoms with E-state index in [1.165, 1.54) is 11.2 Å². The smallest absolute Gasteiger partial charge is 0.261 e. The molecule has 0 aliphatic carbocycles. The molecule has 2 aromatic rings. The number of rotatable bonds is 7. The van der Waals surface area contributed by atoms with Gasteiger partial charge >= 0.3 is 0 Å². The zero-order valence-corrected chi connectivity index (χ0v) is 15.9. The average Bonchev–Trinajstić information content (AvgIpc) is 3.31. The SMILES string of the molecule is CCNC(=NCC(C)(O)c1ccco1)NCCN1C(=O)c2ccccc2C1=O. The third-order valence-electron chi connectivity index (χ3n) is 4.45. The number of carbonyl (C=O) groups is 2. The van der Waals surface area contributed by atoms with E-state index in [1.807, 2.05) is 6.92 Å². The molecule has 1 aliphatic heterocycles. The van der Waals surface area contributed by atoms with Crippen LogP contribution in [0, 0.1) is 0 Å². The number of aliphatic imine (C=N–C) groups is 1. The summed E-state index contributed by atoms with van der Waals surface area (Å²) in [5.41, 5.74) is -0.376. The van der Waals surface area contributed by atoms with Crippen molar-refractivity contribution in [2.75, 3.05) is 26.2 Å². The van der Waals surface area contributed by atoms with Crippen LogP contribution < -0.4 is 10.6 Å². The van der Waals surface area contributed by atoms with E-state index in [9.17, 15) is 14.7 Å². The molecule has 1 aromatic carbocycles. The van der Waals surface area contributed by atoms with Crippen molar-refractivity contribution < 1.29 is 19.1 Å². The molecule has 1 aliphatic rings. The predicted octanol–water partition coefficient (Wildman–Crippen LogP) is 1.34. The molecule has 1 unspecified atom stereocenters. The van der Waals surface area contributed by atoms with Gasteiger partial charge in [-0.1, -0.05) is 12.1 Å². The second kappa shape index (κ2) is 8.26. The number of hydrogen-bond donors (Lipinski definition) is 3. The van der Waals surface area contributed by atoms with Crippen molar-refractivity contribution in [2.24, 2.45) is 4.99 Å². The van der Waals surface area contributed by atoms with Crippen LogP contribution in [0.3, 0.4) is 0 Å². The van der Waals surface area contributed by atoms with Crippen LogP contribution in [0.15, 0.2) is 52.1 Å². The van der Waals surface area contributed by atoms with Crippen LogP contribution in [0.4, 0.5) is 0 Å². The minimum atomic E-state index is -1.24. The van der Waals surface area contributed by atoms with Crippen molar-refractivity contribution in [3.63, 3.8) is 0 Å². The Hall–Kier alpha value is -3.13. The Morgan fingerprint density at radius 1 is 1.14 bits per heavy atom. The first-order valence-corrected chi connectivity index (χ1v) is 9.18. The molecule has 3 rings (SSSR count). The summed E-state index contributed by atoms with van der Waals surface area (Å²) in [7, 11) is 0. The lowest BCUT2D eigenvalue weighted by molar-refractivity contribution is 0.0437. The number of nitrogens with zero attached hydrogens (tertiary/aromatic N) is 2. The number of carbonyl (C=O) groups excluding carboxylic acids is 2. The number of fused-ring (bicyclic) bond motifs is 1. The van der Waals surface area contributed by atoms with Crippen LogP contribution in [0.5, 0.6) is 0 Å². The van der Waals surface area contributed by atoms with Gasteiger partial charge in [-0.3, -0.25) is 14.5 Å². The summed E-state index contributed by atoms with van der Waals surface area (Å²) in [5, 5.41) is 16.7. The highest BCUT2D eigenvalue weighted by atomic mass is 16.4. The third-order valence-corrected chi connectivity index (χ3v) is 4.45. The fraction of sp³-hybridized carbons (Fsp3) is 0.350. The van der Waals surface area contributed by atoms with Crippen molar-refractivity contribution in [3.05, 3.63) is 59.5 Å². The molecule has 1 atom stereocenters. The highest BCUT2D eigenvalue weighted by molar-refractivity contribution is 6.21. The van der Waals surface area contributed by atoms with Crippen LogP contribution >= 0.6 is 0 Å². The molecule has 8 nitrogen and oxygen atoms in total. The Kier molecular flexibility index (Phi) is 5.79. The fourth-order valence-corrected chi connectivity index (χ4v) is 2.97. The largest absolute Gasteiger partial charge is 0.466 e. The molecule has 0 radical (unpaired) electrons. The van der Waals surface area contributed by atoms with E-state index in [1.54, 1.807) is 43.3 Å². The number of imide groups is 1. The number of guanidine groups is 1. The van der Waals surface area contributed by atoms with E-state index in [2.05, 4.69) is 15.6 Å². The normalized spacial score (nSPS) is 16.1. The Morgan fingerprint density at radius 3 is 2.39 bits per heavy atom. The number of aliphatic hydroxyl groups is 1. The van der Waals surface area contributed by atoms with Crippen LogP contribution in [-0.4, -0.2) is 54.0 Å². The minimum absolute atomic E-state index is 0.0862. The second-order valence-corrected chi connectivity index (χ2v) is 6.68. The highest BCUT2D eigenvalue weighted by Crippen LogP contribution is 2.22. The maximum atomic E-state index is 12.4. The van der Waals surface area contributed by atoms with Crippen LogP contribution in [0.1, 0.15) is 40.3 Å². The van der Waals surface area contributed by atoms with Crippen molar-refractivity contribution in [1.82, 2.24) is 15.5 Å². The van der Waals surface area contributed by atoms with Crippen molar-refractivity contribution in [2.45, 2.75) is 19.4 Å². The number of nitrogens with one attached hydrogen (secondary N) is 2. The molecular weight excluding hydrogens is 360 g/mol. The van der Waals surface area contributed by atoms with Gasteiger partial charge < -0.3 is 20.2 Å². The Labute approximate surface area is 163 Å². The van der Waals surface area contributed by atoms with E-state index in [0.717, 1.165) is 0 Å². The van der Waals surface area contributed by atoms with Crippen LogP contribution in [-0.2, 0) is 5.60 Å². The highest BCUT2D eigenvalue weighted by Gasteiger charge is 2.34. The van der Waals surface area contributed by atoms with E-state index >= 15 is 0 Å². The zero-order chi connectivity index (χ0) is 20.1. The van der Waals surface area contributed by atoms with Gasteiger partial charge in [0, 0.05) is 19.6 Å². The second-order valence-electron chi connectivity index (χ2n) is 6.68. The van der Waals surface area contributed by atoms with Gasteiger partial charge in [-0.15, -0.1) is 0 Å². The predicted molar refractivity (Wildman–Crippen MR) is 104 cm³/mol. The standard InChI is InChI=1S/C20H24N4O4/c1-3-21-19(23-13-20(2,27)16-9-6-12-28-16)22-10-11-24-17(25)14-7-4-5-8-15(14)18(24)26/h4-9,12,27H,3,10-11,13H2,1-2H3,(H2,21,22,23). The molecular formula is C20H24N4O4. The molecule has 148 valence electrons. The Bertz CT molecular complexity index is 839. The first-order chi connectivity index (χ1) is 13.4. The quantitative estimate of drug-likeness (QED) is 0.378. The van der Waals surface area contributed by atoms with Crippen LogP contribution in [0.2, 0.25) is 0 Å². The van der Waals surface area contributed by atoms with Crippen LogP contribution in [0.25, 0.3) is 0 Å². The van der Waals surface area contributed by atoms with Gasteiger partial charge in [-0.05, 0) is 38.1 Å². The number of amides is 2. The van der Waals surface area contributed by atoms with E-state index in [-0.39, 0.29) is 24.9 Å². The first-order valence-electron chi connectivity index (χ1n) is 9.18. The van der Waals surface area contributed by atoms with Gasteiger partial charge in [0.1, 0.15) is 11.4 Å². The number of furan rings is 1. The monoisotopic (exact) mass is 384 g/mol. The molecule has 3 N–H and O–H groups in total. The van der Waals surface area contributed by atoms with E-state index in [0.29, 0.717) is 35.9 Å². The maximum Gasteiger partial charge on any atom is 0.261 e. The van der Waals surface area contributed by atoms with Gasteiger partial charge in [-0.25, -0.2) is 4.99 Å². The summed E-state index contributed by atoms with van der Waals surface area (Å²) in [5.74, 6) is 0.333. The molecule has 1 aromatic heterocycles. The molecule has 0 bridgehead atoms. The number of benzene rings is 1. The molecule has 0 saturated heterocycles. The number of hydrogen-bond acceptors (Lipinski definition) is 5. The average molecular weight is 384 g/mol. The minimum Gasteiger partial charge on any atom is -0.466 e. The first kappa shape index (κ1) is 19.6.